The van der Waals surface area contributed by atoms with Gasteiger partial charge in [0, 0.05) is 10.0 Å². The molecule has 0 aliphatic heterocycles. The zero-order chi connectivity index (χ0) is 14.0. The van der Waals surface area contributed by atoms with E-state index in [0.29, 0.717) is 10.6 Å². The molecule has 2 nitrogen and oxygen atoms in total. The number of rotatable bonds is 4. The summed E-state index contributed by atoms with van der Waals surface area (Å²) in [5, 5.41) is 12.1. The molecule has 1 aromatic rings. The van der Waals surface area contributed by atoms with Crippen LogP contribution in [0.15, 0.2) is 18.2 Å². The van der Waals surface area contributed by atoms with E-state index in [1.54, 1.807) is 0 Å². The van der Waals surface area contributed by atoms with E-state index in [4.69, 9.17) is 23.2 Å². The van der Waals surface area contributed by atoms with Crippen molar-refractivity contribution in [3.8, 4) is 0 Å². The zero-order valence-electron chi connectivity index (χ0n) is 9.48. The molecular formula is C11H12Cl2F3NO. The van der Waals surface area contributed by atoms with Crippen molar-refractivity contribution in [1.82, 2.24) is 5.32 Å². The van der Waals surface area contributed by atoms with Gasteiger partial charge in [0.1, 0.15) is 0 Å². The largest absolute Gasteiger partial charge is 0.401 e. The number of alkyl halides is 3. The van der Waals surface area contributed by atoms with Crippen LogP contribution in [0, 0.1) is 0 Å². The molecule has 0 bridgehead atoms. The minimum atomic E-state index is -4.37. The van der Waals surface area contributed by atoms with Crippen molar-refractivity contribution in [2.24, 2.45) is 0 Å². The van der Waals surface area contributed by atoms with Crippen molar-refractivity contribution >= 4 is 23.2 Å². The third-order valence-corrected chi connectivity index (χ3v) is 3.08. The number of aliphatic hydroxyl groups is 1. The van der Waals surface area contributed by atoms with Crippen molar-refractivity contribution in [2.75, 3.05) is 13.2 Å². The molecule has 0 aliphatic carbocycles. The summed E-state index contributed by atoms with van der Waals surface area (Å²) in [7, 11) is 0. The van der Waals surface area contributed by atoms with Crippen LogP contribution >= 0.6 is 23.2 Å². The van der Waals surface area contributed by atoms with Gasteiger partial charge in [-0.25, -0.2) is 0 Å². The summed E-state index contributed by atoms with van der Waals surface area (Å²) >= 11 is 11.7. The molecule has 102 valence electrons. The molecule has 0 fully saturated rings. The quantitative estimate of drug-likeness (QED) is 0.894. The smallest absolute Gasteiger partial charge is 0.394 e. The number of hydrogen-bond donors (Lipinski definition) is 2. The van der Waals surface area contributed by atoms with Crippen LogP contribution in [-0.2, 0) is 5.54 Å². The van der Waals surface area contributed by atoms with Crippen molar-refractivity contribution in [3.63, 3.8) is 0 Å². The molecule has 1 aromatic carbocycles. The van der Waals surface area contributed by atoms with E-state index in [0.717, 1.165) is 0 Å². The van der Waals surface area contributed by atoms with Gasteiger partial charge >= 0.3 is 6.18 Å². The molecule has 1 atom stereocenters. The SMILES string of the molecule is CC(CO)(NCC(F)(F)F)c1cc(Cl)ccc1Cl. The Morgan fingerprint density at radius 2 is 1.89 bits per heavy atom. The van der Waals surface area contributed by atoms with Crippen LogP contribution in [0.2, 0.25) is 10.0 Å². The molecule has 0 aliphatic rings. The minimum Gasteiger partial charge on any atom is -0.394 e. The van der Waals surface area contributed by atoms with Crippen LogP contribution in [0.25, 0.3) is 0 Å². The van der Waals surface area contributed by atoms with Gasteiger partial charge in [-0.3, -0.25) is 5.32 Å². The second kappa shape index (κ2) is 5.65. The second-order valence-corrected chi connectivity index (χ2v) is 4.93. The summed E-state index contributed by atoms with van der Waals surface area (Å²) in [5.74, 6) is 0. The van der Waals surface area contributed by atoms with Gasteiger partial charge in [-0.05, 0) is 30.7 Å². The predicted molar refractivity (Wildman–Crippen MR) is 65.0 cm³/mol. The molecule has 0 spiro atoms. The van der Waals surface area contributed by atoms with Gasteiger partial charge in [0.15, 0.2) is 0 Å². The number of aliphatic hydroxyl groups excluding tert-OH is 1. The highest BCUT2D eigenvalue weighted by atomic mass is 35.5. The Morgan fingerprint density at radius 3 is 2.39 bits per heavy atom. The third kappa shape index (κ3) is 4.02. The lowest BCUT2D eigenvalue weighted by molar-refractivity contribution is -0.129. The number of nitrogens with one attached hydrogen (secondary N) is 1. The van der Waals surface area contributed by atoms with E-state index in [1.165, 1.54) is 25.1 Å². The maximum absolute atomic E-state index is 12.2. The first-order chi connectivity index (χ1) is 8.18. The van der Waals surface area contributed by atoms with Gasteiger partial charge in [0.2, 0.25) is 0 Å². The number of halogens is 5. The molecule has 7 heteroatoms. The van der Waals surface area contributed by atoms with Crippen molar-refractivity contribution < 1.29 is 18.3 Å². The Hall–Kier alpha value is -0.490. The lowest BCUT2D eigenvalue weighted by Gasteiger charge is -2.31. The summed E-state index contributed by atoms with van der Waals surface area (Å²) in [5.41, 5.74) is -0.985. The highest BCUT2D eigenvalue weighted by molar-refractivity contribution is 6.33. The van der Waals surface area contributed by atoms with E-state index >= 15 is 0 Å². The molecular weight excluding hydrogens is 290 g/mol. The van der Waals surface area contributed by atoms with Crippen LogP contribution in [0.5, 0.6) is 0 Å². The maximum Gasteiger partial charge on any atom is 0.401 e. The average Bonchev–Trinajstić information content (AvgIpc) is 2.28. The number of benzene rings is 1. The van der Waals surface area contributed by atoms with Crippen molar-refractivity contribution in [1.29, 1.82) is 0 Å². The van der Waals surface area contributed by atoms with Crippen molar-refractivity contribution in [3.05, 3.63) is 33.8 Å². The van der Waals surface area contributed by atoms with E-state index < -0.39 is 24.9 Å². The Morgan fingerprint density at radius 1 is 1.28 bits per heavy atom. The van der Waals surface area contributed by atoms with E-state index in [-0.39, 0.29) is 5.02 Å². The highest BCUT2D eigenvalue weighted by Crippen LogP contribution is 2.31. The molecule has 0 aromatic heterocycles. The van der Waals surface area contributed by atoms with Crippen molar-refractivity contribution in [2.45, 2.75) is 18.6 Å². The normalized spacial score (nSPS) is 15.5. The van der Waals surface area contributed by atoms with Gasteiger partial charge in [-0.15, -0.1) is 0 Å². The van der Waals surface area contributed by atoms with Gasteiger partial charge in [-0.2, -0.15) is 13.2 Å². The van der Waals surface area contributed by atoms with Crippen LogP contribution in [-0.4, -0.2) is 24.4 Å². The first-order valence-electron chi connectivity index (χ1n) is 5.06. The number of hydrogen-bond acceptors (Lipinski definition) is 2. The average molecular weight is 302 g/mol. The summed E-state index contributed by atoms with van der Waals surface area (Å²) in [6.07, 6.45) is -4.37. The van der Waals surface area contributed by atoms with Crippen LogP contribution in [0.3, 0.4) is 0 Å². The molecule has 2 N–H and O–H groups in total. The molecule has 0 amide bonds. The molecule has 18 heavy (non-hydrogen) atoms. The molecule has 0 radical (unpaired) electrons. The summed E-state index contributed by atoms with van der Waals surface area (Å²) in [6, 6.07) is 4.43. The topological polar surface area (TPSA) is 32.3 Å². The summed E-state index contributed by atoms with van der Waals surface area (Å²) in [4.78, 5) is 0. The van der Waals surface area contributed by atoms with Crippen LogP contribution < -0.4 is 5.32 Å². The molecule has 0 saturated carbocycles. The Bertz CT molecular complexity index is 425. The Balaban J connectivity index is 3.03. The monoisotopic (exact) mass is 301 g/mol. The standard InChI is InChI=1S/C11H12Cl2F3NO/c1-10(6-18,17-5-11(14,15)16)8-4-7(12)2-3-9(8)13/h2-4,17-18H,5-6H2,1H3. The highest BCUT2D eigenvalue weighted by Gasteiger charge is 2.34. The van der Waals surface area contributed by atoms with Gasteiger partial charge in [0.05, 0.1) is 18.7 Å². The predicted octanol–water partition coefficient (Wildman–Crippen LogP) is 3.35. The van der Waals surface area contributed by atoms with Gasteiger partial charge in [0.25, 0.3) is 0 Å². The van der Waals surface area contributed by atoms with Crippen LogP contribution in [0.1, 0.15) is 12.5 Å². The van der Waals surface area contributed by atoms with E-state index in [1.807, 2.05) is 0 Å². The first kappa shape index (κ1) is 15.6. The van der Waals surface area contributed by atoms with Crippen LogP contribution in [0.4, 0.5) is 13.2 Å². The summed E-state index contributed by atoms with van der Waals surface area (Å²) < 4.78 is 36.6. The molecule has 0 heterocycles. The molecule has 1 unspecified atom stereocenters. The van der Waals surface area contributed by atoms with Gasteiger partial charge in [-0.1, -0.05) is 23.2 Å². The fourth-order valence-corrected chi connectivity index (χ4v) is 1.95. The third-order valence-electron chi connectivity index (χ3n) is 2.52. The summed E-state index contributed by atoms with van der Waals surface area (Å²) in [6.45, 7) is -0.341. The minimum absolute atomic E-state index is 0.241. The zero-order valence-corrected chi connectivity index (χ0v) is 11.0. The maximum atomic E-state index is 12.2. The second-order valence-electron chi connectivity index (χ2n) is 4.08. The van der Waals surface area contributed by atoms with E-state index in [9.17, 15) is 18.3 Å². The molecule has 0 saturated heterocycles. The molecule has 1 rings (SSSR count). The van der Waals surface area contributed by atoms with E-state index in [2.05, 4.69) is 5.32 Å². The lowest BCUT2D eigenvalue weighted by atomic mass is 9.92. The Kier molecular flexibility index (Phi) is 4.89. The first-order valence-corrected chi connectivity index (χ1v) is 5.82. The fraction of sp³-hybridized carbons (Fsp3) is 0.455. The van der Waals surface area contributed by atoms with Gasteiger partial charge < -0.3 is 5.11 Å². The lowest BCUT2D eigenvalue weighted by Crippen LogP contribution is -2.47. The fourth-order valence-electron chi connectivity index (χ4n) is 1.45. The Labute approximate surface area is 113 Å².